The molecule has 0 amide bonds. The molecule has 0 aliphatic carbocycles. The molecule has 3 nitrogen and oxygen atoms in total. The van der Waals surface area contributed by atoms with Gasteiger partial charge in [-0.3, -0.25) is 0 Å². The summed E-state index contributed by atoms with van der Waals surface area (Å²) in [6, 6.07) is 6.80. The van der Waals surface area contributed by atoms with Crippen LogP contribution in [0.1, 0.15) is 15.2 Å². The van der Waals surface area contributed by atoms with Crippen molar-refractivity contribution in [3.63, 3.8) is 0 Å². The van der Waals surface area contributed by atoms with Crippen LogP contribution in [0.3, 0.4) is 0 Å². The Morgan fingerprint density at radius 3 is 2.62 bits per heavy atom. The number of alkyl halides is 4. The number of hydrogen-bond acceptors (Lipinski definition) is 3. The molecular weight excluding hydrogens is 310 g/mol. The average molecular weight is 321 g/mol. The lowest BCUT2D eigenvalue weighted by molar-refractivity contribution is -0.125. The van der Waals surface area contributed by atoms with Crippen molar-refractivity contribution < 1.29 is 27.5 Å². The predicted molar refractivity (Wildman–Crippen MR) is 71.4 cm³/mol. The van der Waals surface area contributed by atoms with E-state index >= 15 is 0 Å². The first kappa shape index (κ1) is 15.7. The van der Waals surface area contributed by atoms with Crippen molar-refractivity contribution in [3.05, 3.63) is 34.7 Å². The van der Waals surface area contributed by atoms with E-state index in [1.165, 1.54) is 0 Å². The molecule has 2 aromatic rings. The van der Waals surface area contributed by atoms with Crippen molar-refractivity contribution in [2.45, 2.75) is 18.9 Å². The van der Waals surface area contributed by atoms with Gasteiger partial charge in [0.1, 0.15) is 4.88 Å². The van der Waals surface area contributed by atoms with Gasteiger partial charge in [0, 0.05) is 11.2 Å². The fourth-order valence-electron chi connectivity index (χ4n) is 1.88. The average Bonchev–Trinajstić information content (AvgIpc) is 2.78. The molecule has 8 heteroatoms. The largest absolute Gasteiger partial charge is 0.477 e. The van der Waals surface area contributed by atoms with Crippen molar-refractivity contribution in [3.8, 4) is 0 Å². The van der Waals surface area contributed by atoms with Gasteiger partial charge in [-0.1, -0.05) is 18.2 Å². The molecular formula is C13H11F4NO2S. The van der Waals surface area contributed by atoms with Gasteiger partial charge >= 0.3 is 18.3 Å². The fourth-order valence-corrected chi connectivity index (χ4v) is 2.94. The van der Waals surface area contributed by atoms with E-state index in [1.807, 2.05) is 0 Å². The molecule has 2 rings (SSSR count). The minimum absolute atomic E-state index is 0.0177. The lowest BCUT2D eigenvalue weighted by atomic mass is 10.1. The molecule has 0 atom stereocenters. The zero-order valence-electron chi connectivity index (χ0n) is 10.6. The molecule has 1 aromatic heterocycles. The van der Waals surface area contributed by atoms with Crippen LogP contribution >= 0.6 is 11.3 Å². The van der Waals surface area contributed by atoms with Gasteiger partial charge in [-0.25, -0.2) is 13.6 Å². The van der Waals surface area contributed by atoms with Crippen LogP contribution in [0, 0.1) is 0 Å². The topological polar surface area (TPSA) is 49.3 Å². The van der Waals surface area contributed by atoms with Crippen molar-refractivity contribution in [2.75, 3.05) is 6.54 Å². The van der Waals surface area contributed by atoms with E-state index in [4.69, 9.17) is 5.11 Å². The van der Waals surface area contributed by atoms with Gasteiger partial charge in [0.25, 0.3) is 0 Å². The molecule has 0 aliphatic heterocycles. The summed E-state index contributed by atoms with van der Waals surface area (Å²) in [5.41, 5.74) is 0.327. The van der Waals surface area contributed by atoms with E-state index in [9.17, 15) is 22.4 Å². The number of carboxylic acids is 1. The summed E-state index contributed by atoms with van der Waals surface area (Å²) in [5.74, 6) is -5.32. The lowest BCUT2D eigenvalue weighted by Gasteiger charge is -2.15. The van der Waals surface area contributed by atoms with E-state index in [2.05, 4.69) is 5.32 Å². The zero-order valence-corrected chi connectivity index (χ0v) is 11.4. The summed E-state index contributed by atoms with van der Waals surface area (Å²) in [5, 5.41) is 12.0. The first-order valence-corrected chi connectivity index (χ1v) is 6.75. The van der Waals surface area contributed by atoms with Crippen LogP contribution in [0.25, 0.3) is 10.1 Å². The molecule has 0 radical (unpaired) electrons. The normalized spacial score (nSPS) is 12.2. The van der Waals surface area contributed by atoms with Crippen LogP contribution in [0.4, 0.5) is 17.6 Å². The van der Waals surface area contributed by atoms with Gasteiger partial charge in [0.2, 0.25) is 0 Å². The summed E-state index contributed by atoms with van der Waals surface area (Å²) in [6.07, 6.45) is -3.76. The number of nitrogens with one attached hydrogen (secondary N) is 1. The molecule has 0 saturated heterocycles. The van der Waals surface area contributed by atoms with Crippen LogP contribution in [0.15, 0.2) is 24.3 Å². The molecule has 0 saturated carbocycles. The number of carboxylic acid groups (broad SMARTS) is 1. The second-order valence-corrected chi connectivity index (χ2v) is 5.43. The van der Waals surface area contributed by atoms with Gasteiger partial charge in [-0.05, 0) is 17.0 Å². The minimum Gasteiger partial charge on any atom is -0.477 e. The molecule has 1 heterocycles. The van der Waals surface area contributed by atoms with Crippen LogP contribution in [-0.4, -0.2) is 30.0 Å². The second-order valence-electron chi connectivity index (χ2n) is 4.38. The smallest absolute Gasteiger partial charge is 0.346 e. The van der Waals surface area contributed by atoms with E-state index in [-0.39, 0.29) is 11.4 Å². The second kappa shape index (κ2) is 5.98. The maximum absolute atomic E-state index is 12.8. The summed E-state index contributed by atoms with van der Waals surface area (Å²) < 4.78 is 50.5. The van der Waals surface area contributed by atoms with Crippen LogP contribution in [-0.2, 0) is 6.54 Å². The highest BCUT2D eigenvalue weighted by Crippen LogP contribution is 2.31. The van der Waals surface area contributed by atoms with E-state index in [0.717, 1.165) is 11.3 Å². The Hall–Kier alpha value is -1.67. The molecule has 0 unspecified atom stereocenters. The highest BCUT2D eigenvalue weighted by molar-refractivity contribution is 7.21. The number of fused-ring (bicyclic) bond motifs is 1. The predicted octanol–water partition coefficient (Wildman–Crippen LogP) is 3.59. The van der Waals surface area contributed by atoms with E-state index < -0.39 is 24.9 Å². The van der Waals surface area contributed by atoms with E-state index in [1.54, 1.807) is 24.3 Å². The lowest BCUT2D eigenvalue weighted by Crippen LogP contribution is -2.38. The molecule has 114 valence electrons. The van der Waals surface area contributed by atoms with Crippen LogP contribution in [0.5, 0.6) is 0 Å². The Morgan fingerprint density at radius 1 is 1.33 bits per heavy atom. The summed E-state index contributed by atoms with van der Waals surface area (Å²) in [7, 11) is 0. The summed E-state index contributed by atoms with van der Waals surface area (Å²) in [4.78, 5) is 11.2. The van der Waals surface area contributed by atoms with Gasteiger partial charge in [0.15, 0.2) is 0 Å². The first-order chi connectivity index (χ1) is 9.83. The number of hydrogen-bond donors (Lipinski definition) is 2. The van der Waals surface area contributed by atoms with Crippen molar-refractivity contribution in [1.82, 2.24) is 5.32 Å². The third-order valence-corrected chi connectivity index (χ3v) is 4.08. The molecule has 0 spiro atoms. The zero-order chi connectivity index (χ0) is 15.6. The number of aromatic carboxylic acids is 1. The Morgan fingerprint density at radius 2 is 2.00 bits per heavy atom. The van der Waals surface area contributed by atoms with Crippen LogP contribution in [0.2, 0.25) is 0 Å². The van der Waals surface area contributed by atoms with E-state index in [0.29, 0.717) is 15.6 Å². The quantitative estimate of drug-likeness (QED) is 0.800. The highest BCUT2D eigenvalue weighted by atomic mass is 32.1. The van der Waals surface area contributed by atoms with Gasteiger partial charge in [-0.2, -0.15) is 8.78 Å². The van der Waals surface area contributed by atoms with Crippen molar-refractivity contribution >= 4 is 27.4 Å². The third-order valence-electron chi connectivity index (χ3n) is 2.87. The van der Waals surface area contributed by atoms with Crippen LogP contribution < -0.4 is 5.32 Å². The standard InChI is InChI=1S/C13H11F4NO2S/c14-12(15)13(16,17)6-18-5-8-7-3-1-2-4-9(7)21-10(8)11(19)20/h1-4,12,18H,5-6H2,(H,19,20). The van der Waals surface area contributed by atoms with Crippen molar-refractivity contribution in [2.24, 2.45) is 0 Å². The number of rotatable bonds is 6. The molecule has 0 aliphatic rings. The van der Waals surface area contributed by atoms with Crippen molar-refractivity contribution in [1.29, 1.82) is 0 Å². The van der Waals surface area contributed by atoms with Gasteiger partial charge < -0.3 is 10.4 Å². The SMILES string of the molecule is O=C(O)c1sc2ccccc2c1CNCC(F)(F)C(F)F. The summed E-state index contributed by atoms with van der Waals surface area (Å²) in [6.45, 7) is -1.43. The third kappa shape index (κ3) is 3.33. The Bertz CT molecular complexity index is 657. The Balaban J connectivity index is 2.21. The number of benzene rings is 1. The molecule has 2 N–H and O–H groups in total. The summed E-state index contributed by atoms with van der Waals surface area (Å²) >= 11 is 1.02. The maximum atomic E-state index is 12.8. The molecule has 21 heavy (non-hydrogen) atoms. The fraction of sp³-hybridized carbons (Fsp3) is 0.308. The number of thiophene rings is 1. The monoisotopic (exact) mass is 321 g/mol. The Labute approximate surface area is 121 Å². The molecule has 0 fully saturated rings. The van der Waals surface area contributed by atoms with Gasteiger partial charge in [0.05, 0.1) is 6.54 Å². The highest BCUT2D eigenvalue weighted by Gasteiger charge is 2.40. The maximum Gasteiger partial charge on any atom is 0.346 e. The molecule has 0 bridgehead atoms. The molecule has 1 aromatic carbocycles. The van der Waals surface area contributed by atoms with Gasteiger partial charge in [-0.15, -0.1) is 11.3 Å². The number of carbonyl (C=O) groups is 1. The number of halogens is 4. The minimum atomic E-state index is -4.14. The first-order valence-electron chi connectivity index (χ1n) is 5.93. The Kier molecular flexibility index (Phi) is 4.48.